The van der Waals surface area contributed by atoms with E-state index < -0.39 is 12.1 Å². The molecular formula is C15H23NO4. The molecule has 0 spiro atoms. The highest BCUT2D eigenvalue weighted by Gasteiger charge is 2.23. The van der Waals surface area contributed by atoms with Gasteiger partial charge in [0, 0.05) is 18.0 Å². The zero-order valence-electron chi connectivity index (χ0n) is 12.4. The van der Waals surface area contributed by atoms with Crippen LogP contribution in [-0.4, -0.2) is 36.4 Å². The standard InChI is InChI=1S/C15H23NO4/c1-9-7-11(13(20-4)8-10(9)2)15(19)12(16-3)5-6-14(17)18/h7-8,12,15-16,19H,5-6H2,1-4H3,(H,17,18). The zero-order chi connectivity index (χ0) is 15.3. The number of aliphatic hydroxyl groups is 1. The molecule has 0 bridgehead atoms. The molecule has 2 atom stereocenters. The minimum absolute atomic E-state index is 0.00965. The second-order valence-corrected chi connectivity index (χ2v) is 4.95. The van der Waals surface area contributed by atoms with E-state index in [1.54, 1.807) is 14.2 Å². The Labute approximate surface area is 119 Å². The number of hydrogen-bond acceptors (Lipinski definition) is 4. The third kappa shape index (κ3) is 3.95. The highest BCUT2D eigenvalue weighted by Crippen LogP contribution is 2.31. The Morgan fingerprint density at radius 1 is 1.35 bits per heavy atom. The van der Waals surface area contributed by atoms with Gasteiger partial charge in [-0.3, -0.25) is 4.79 Å². The van der Waals surface area contributed by atoms with Gasteiger partial charge in [0.05, 0.1) is 13.2 Å². The van der Waals surface area contributed by atoms with Gasteiger partial charge in [-0.1, -0.05) is 0 Å². The number of aliphatic hydroxyl groups excluding tert-OH is 1. The first kappa shape index (κ1) is 16.5. The van der Waals surface area contributed by atoms with E-state index in [1.807, 2.05) is 26.0 Å². The summed E-state index contributed by atoms with van der Waals surface area (Å²) in [6.07, 6.45) is -0.452. The van der Waals surface area contributed by atoms with E-state index in [0.717, 1.165) is 11.1 Å². The van der Waals surface area contributed by atoms with Crippen LogP contribution in [0.25, 0.3) is 0 Å². The molecule has 0 radical (unpaired) electrons. The minimum atomic E-state index is -0.871. The number of aryl methyl sites for hydroxylation is 2. The predicted molar refractivity (Wildman–Crippen MR) is 77.1 cm³/mol. The van der Waals surface area contributed by atoms with E-state index in [4.69, 9.17) is 9.84 Å². The van der Waals surface area contributed by atoms with Crippen LogP contribution in [0.2, 0.25) is 0 Å². The molecule has 20 heavy (non-hydrogen) atoms. The summed E-state index contributed by atoms with van der Waals surface area (Å²) in [6.45, 7) is 3.95. The van der Waals surface area contributed by atoms with Crippen LogP contribution >= 0.6 is 0 Å². The number of benzene rings is 1. The van der Waals surface area contributed by atoms with Gasteiger partial charge in [-0.05, 0) is 50.6 Å². The SMILES string of the molecule is CNC(CCC(=O)O)C(O)c1cc(C)c(C)cc1OC. The van der Waals surface area contributed by atoms with E-state index >= 15 is 0 Å². The first-order valence-corrected chi connectivity index (χ1v) is 6.63. The first-order valence-electron chi connectivity index (χ1n) is 6.63. The molecule has 0 amide bonds. The van der Waals surface area contributed by atoms with Gasteiger partial charge in [0.2, 0.25) is 0 Å². The second kappa shape index (κ2) is 7.26. The fraction of sp³-hybridized carbons (Fsp3) is 0.533. The molecule has 5 nitrogen and oxygen atoms in total. The molecule has 0 fully saturated rings. The van der Waals surface area contributed by atoms with Gasteiger partial charge < -0.3 is 20.3 Å². The number of hydrogen-bond donors (Lipinski definition) is 3. The molecule has 0 aliphatic rings. The van der Waals surface area contributed by atoms with E-state index in [1.165, 1.54) is 0 Å². The molecule has 0 saturated carbocycles. The molecule has 2 unspecified atom stereocenters. The van der Waals surface area contributed by atoms with E-state index in [9.17, 15) is 9.90 Å². The van der Waals surface area contributed by atoms with Crippen molar-refractivity contribution in [3.8, 4) is 5.75 Å². The van der Waals surface area contributed by atoms with Crippen molar-refractivity contribution in [3.05, 3.63) is 28.8 Å². The lowest BCUT2D eigenvalue weighted by Crippen LogP contribution is -2.33. The smallest absolute Gasteiger partial charge is 0.303 e. The Kier molecular flexibility index (Phi) is 5.98. The van der Waals surface area contributed by atoms with E-state index in [2.05, 4.69) is 5.32 Å². The van der Waals surface area contributed by atoms with E-state index in [0.29, 0.717) is 17.7 Å². The van der Waals surface area contributed by atoms with Gasteiger partial charge in [-0.15, -0.1) is 0 Å². The maximum atomic E-state index is 10.7. The number of carbonyl (C=O) groups is 1. The van der Waals surface area contributed by atoms with Crippen LogP contribution < -0.4 is 10.1 Å². The minimum Gasteiger partial charge on any atom is -0.496 e. The summed E-state index contributed by atoms with van der Waals surface area (Å²) in [5, 5.41) is 22.2. The summed E-state index contributed by atoms with van der Waals surface area (Å²) in [7, 11) is 3.27. The number of nitrogens with one attached hydrogen (secondary N) is 1. The van der Waals surface area contributed by atoms with Crippen LogP contribution in [0.5, 0.6) is 5.75 Å². The Hall–Kier alpha value is -1.59. The quantitative estimate of drug-likeness (QED) is 0.710. The van der Waals surface area contributed by atoms with Crippen LogP contribution in [0, 0.1) is 13.8 Å². The van der Waals surface area contributed by atoms with Gasteiger partial charge in [0.1, 0.15) is 5.75 Å². The highest BCUT2D eigenvalue weighted by atomic mass is 16.5. The zero-order valence-corrected chi connectivity index (χ0v) is 12.4. The van der Waals surface area contributed by atoms with Crippen molar-refractivity contribution in [1.82, 2.24) is 5.32 Å². The molecule has 3 N–H and O–H groups in total. The molecule has 1 aromatic carbocycles. The summed E-state index contributed by atoms with van der Waals surface area (Å²) in [5.74, 6) is -0.249. The molecule has 0 saturated heterocycles. The van der Waals surface area contributed by atoms with Crippen molar-refractivity contribution < 1.29 is 19.7 Å². The summed E-state index contributed by atoms with van der Waals surface area (Å²) < 4.78 is 5.32. The normalized spacial score (nSPS) is 13.8. The Morgan fingerprint density at radius 3 is 2.45 bits per heavy atom. The fourth-order valence-corrected chi connectivity index (χ4v) is 2.18. The first-order chi connectivity index (χ1) is 9.40. The maximum absolute atomic E-state index is 10.7. The topological polar surface area (TPSA) is 78.8 Å². The summed E-state index contributed by atoms with van der Waals surface area (Å²) in [4.78, 5) is 10.7. The van der Waals surface area contributed by atoms with Crippen molar-refractivity contribution in [2.45, 2.75) is 38.8 Å². The number of rotatable bonds is 7. The van der Waals surface area contributed by atoms with Gasteiger partial charge in [0.25, 0.3) is 0 Å². The van der Waals surface area contributed by atoms with Crippen LogP contribution in [0.3, 0.4) is 0 Å². The summed E-state index contributed by atoms with van der Waals surface area (Å²) in [5.41, 5.74) is 2.83. The number of carboxylic acid groups (broad SMARTS) is 1. The molecular weight excluding hydrogens is 258 g/mol. The molecule has 0 heterocycles. The van der Waals surface area contributed by atoms with Crippen molar-refractivity contribution in [2.75, 3.05) is 14.2 Å². The Bertz CT molecular complexity index is 473. The largest absolute Gasteiger partial charge is 0.496 e. The van der Waals surface area contributed by atoms with Crippen LogP contribution in [-0.2, 0) is 4.79 Å². The fourth-order valence-electron chi connectivity index (χ4n) is 2.18. The average Bonchev–Trinajstić information content (AvgIpc) is 2.41. The van der Waals surface area contributed by atoms with Crippen molar-refractivity contribution in [1.29, 1.82) is 0 Å². The van der Waals surface area contributed by atoms with Crippen LogP contribution in [0.15, 0.2) is 12.1 Å². The predicted octanol–water partition coefficient (Wildman–Crippen LogP) is 1.80. The van der Waals surface area contributed by atoms with E-state index in [-0.39, 0.29) is 12.5 Å². The molecule has 0 aliphatic heterocycles. The lowest BCUT2D eigenvalue weighted by molar-refractivity contribution is -0.137. The maximum Gasteiger partial charge on any atom is 0.303 e. The Balaban J connectivity index is 3.01. The summed E-state index contributed by atoms with van der Waals surface area (Å²) in [6, 6.07) is 3.45. The number of carboxylic acids is 1. The summed E-state index contributed by atoms with van der Waals surface area (Å²) >= 11 is 0. The monoisotopic (exact) mass is 281 g/mol. The number of aliphatic carboxylic acids is 1. The lowest BCUT2D eigenvalue weighted by atomic mass is 9.94. The van der Waals surface area contributed by atoms with Gasteiger partial charge in [0.15, 0.2) is 0 Å². The van der Waals surface area contributed by atoms with Gasteiger partial charge in [-0.2, -0.15) is 0 Å². The number of ether oxygens (including phenoxy) is 1. The highest BCUT2D eigenvalue weighted by molar-refractivity contribution is 5.66. The molecule has 112 valence electrons. The molecule has 1 aromatic rings. The molecule has 5 heteroatoms. The van der Waals surface area contributed by atoms with Crippen LogP contribution in [0.1, 0.15) is 35.6 Å². The van der Waals surface area contributed by atoms with Crippen LogP contribution in [0.4, 0.5) is 0 Å². The number of likely N-dealkylation sites (N-methyl/N-ethyl adjacent to an activating group) is 1. The lowest BCUT2D eigenvalue weighted by Gasteiger charge is -2.24. The van der Waals surface area contributed by atoms with Crippen molar-refractivity contribution in [2.24, 2.45) is 0 Å². The van der Waals surface area contributed by atoms with Crippen molar-refractivity contribution in [3.63, 3.8) is 0 Å². The second-order valence-electron chi connectivity index (χ2n) is 4.95. The third-order valence-corrected chi connectivity index (χ3v) is 3.59. The molecule has 0 aromatic heterocycles. The molecule has 0 aliphatic carbocycles. The van der Waals surface area contributed by atoms with Gasteiger partial charge in [-0.25, -0.2) is 0 Å². The van der Waals surface area contributed by atoms with Crippen molar-refractivity contribution >= 4 is 5.97 Å². The average molecular weight is 281 g/mol. The Morgan fingerprint density at radius 2 is 1.95 bits per heavy atom. The number of methoxy groups -OCH3 is 1. The molecule has 1 rings (SSSR count). The van der Waals surface area contributed by atoms with Gasteiger partial charge >= 0.3 is 5.97 Å². The third-order valence-electron chi connectivity index (χ3n) is 3.59.